The van der Waals surface area contributed by atoms with E-state index in [0.29, 0.717) is 17.5 Å². The van der Waals surface area contributed by atoms with Crippen molar-refractivity contribution in [1.82, 2.24) is 15.1 Å². The summed E-state index contributed by atoms with van der Waals surface area (Å²) in [5.74, 6) is 0.700. The first kappa shape index (κ1) is 14.8. The third-order valence-electron chi connectivity index (χ3n) is 4.53. The molecule has 4 nitrogen and oxygen atoms in total. The molecule has 0 bridgehead atoms. The third-order valence-corrected chi connectivity index (χ3v) is 4.53. The van der Waals surface area contributed by atoms with E-state index in [0.717, 1.165) is 24.2 Å². The highest BCUT2D eigenvalue weighted by Crippen LogP contribution is 2.24. The number of para-hydroxylation sites is 1. The highest BCUT2D eigenvalue weighted by Gasteiger charge is 2.22. The molecule has 116 valence electrons. The molecular formula is C18H23N3O. The molecule has 1 heterocycles. The van der Waals surface area contributed by atoms with Gasteiger partial charge in [-0.1, -0.05) is 38.0 Å². The van der Waals surface area contributed by atoms with Gasteiger partial charge < -0.3 is 5.32 Å². The van der Waals surface area contributed by atoms with Crippen LogP contribution in [0, 0.1) is 12.8 Å². The van der Waals surface area contributed by atoms with Crippen molar-refractivity contribution in [1.29, 1.82) is 0 Å². The molecule has 0 aliphatic heterocycles. The number of amides is 1. The van der Waals surface area contributed by atoms with Crippen molar-refractivity contribution in [3.05, 3.63) is 47.8 Å². The van der Waals surface area contributed by atoms with E-state index >= 15 is 0 Å². The van der Waals surface area contributed by atoms with Gasteiger partial charge in [-0.05, 0) is 37.8 Å². The normalized spacial score (nSPS) is 21.5. The fourth-order valence-corrected chi connectivity index (χ4v) is 3.29. The molecule has 1 amide bonds. The summed E-state index contributed by atoms with van der Waals surface area (Å²) in [7, 11) is 0. The number of rotatable bonds is 3. The number of hydrogen-bond acceptors (Lipinski definition) is 2. The Labute approximate surface area is 131 Å². The van der Waals surface area contributed by atoms with E-state index in [1.54, 1.807) is 6.20 Å². The molecule has 1 aromatic heterocycles. The van der Waals surface area contributed by atoms with E-state index in [1.807, 2.05) is 41.9 Å². The third kappa shape index (κ3) is 3.06. The van der Waals surface area contributed by atoms with Gasteiger partial charge in [0.2, 0.25) is 0 Å². The first-order valence-electron chi connectivity index (χ1n) is 8.06. The van der Waals surface area contributed by atoms with Crippen molar-refractivity contribution in [3.63, 3.8) is 0 Å². The van der Waals surface area contributed by atoms with Gasteiger partial charge in [-0.25, -0.2) is 4.68 Å². The molecular weight excluding hydrogens is 274 g/mol. The first-order valence-corrected chi connectivity index (χ1v) is 8.06. The number of carbonyl (C=O) groups is 1. The Balaban J connectivity index is 1.75. The predicted molar refractivity (Wildman–Crippen MR) is 87.2 cm³/mol. The van der Waals surface area contributed by atoms with Crippen molar-refractivity contribution in [3.8, 4) is 5.69 Å². The zero-order valence-electron chi connectivity index (χ0n) is 13.2. The van der Waals surface area contributed by atoms with Crippen LogP contribution in [0.1, 0.15) is 48.7 Å². The largest absolute Gasteiger partial charge is 0.349 e. The topological polar surface area (TPSA) is 46.9 Å². The van der Waals surface area contributed by atoms with Gasteiger partial charge >= 0.3 is 0 Å². The molecule has 0 saturated heterocycles. The Morgan fingerprint density at radius 3 is 2.77 bits per heavy atom. The average molecular weight is 297 g/mol. The molecule has 0 spiro atoms. The summed E-state index contributed by atoms with van der Waals surface area (Å²) in [6.45, 7) is 4.20. The number of nitrogens with zero attached hydrogens (tertiary/aromatic N) is 2. The van der Waals surface area contributed by atoms with E-state index in [1.165, 1.54) is 12.8 Å². The van der Waals surface area contributed by atoms with E-state index in [4.69, 9.17) is 0 Å². The molecule has 0 radical (unpaired) electrons. The summed E-state index contributed by atoms with van der Waals surface area (Å²) < 4.78 is 1.82. The van der Waals surface area contributed by atoms with Crippen molar-refractivity contribution in [2.24, 2.45) is 5.92 Å². The fraction of sp³-hybridized carbons (Fsp3) is 0.444. The summed E-state index contributed by atoms with van der Waals surface area (Å²) in [6, 6.07) is 10.2. The maximum absolute atomic E-state index is 12.5. The zero-order chi connectivity index (χ0) is 15.5. The van der Waals surface area contributed by atoms with Crippen LogP contribution < -0.4 is 5.32 Å². The second-order valence-corrected chi connectivity index (χ2v) is 6.33. The maximum Gasteiger partial charge on any atom is 0.254 e. The van der Waals surface area contributed by atoms with Gasteiger partial charge in [-0.15, -0.1) is 0 Å². The van der Waals surface area contributed by atoms with Gasteiger partial charge in [0.1, 0.15) is 0 Å². The van der Waals surface area contributed by atoms with Gasteiger partial charge in [0.05, 0.1) is 23.1 Å². The Morgan fingerprint density at radius 1 is 1.27 bits per heavy atom. The van der Waals surface area contributed by atoms with Crippen LogP contribution in [-0.2, 0) is 0 Å². The van der Waals surface area contributed by atoms with E-state index in [-0.39, 0.29) is 5.91 Å². The van der Waals surface area contributed by atoms with Gasteiger partial charge in [0, 0.05) is 6.04 Å². The second-order valence-electron chi connectivity index (χ2n) is 6.33. The molecule has 1 aliphatic carbocycles. The number of benzene rings is 1. The average Bonchev–Trinajstić information content (AvgIpc) is 2.90. The number of hydrogen-bond donors (Lipinski definition) is 1. The molecule has 2 aromatic rings. The van der Waals surface area contributed by atoms with Gasteiger partial charge in [0.25, 0.3) is 5.91 Å². The Kier molecular flexibility index (Phi) is 4.27. The summed E-state index contributed by atoms with van der Waals surface area (Å²) in [6.07, 6.45) is 6.31. The summed E-state index contributed by atoms with van der Waals surface area (Å²) in [5, 5.41) is 7.55. The summed E-state index contributed by atoms with van der Waals surface area (Å²) in [4.78, 5) is 12.5. The minimum absolute atomic E-state index is 0.00113. The minimum Gasteiger partial charge on any atom is -0.349 e. The van der Waals surface area contributed by atoms with Crippen LogP contribution in [0.25, 0.3) is 5.69 Å². The monoisotopic (exact) mass is 297 g/mol. The van der Waals surface area contributed by atoms with Crippen LogP contribution in [0.2, 0.25) is 0 Å². The zero-order valence-corrected chi connectivity index (χ0v) is 13.2. The molecule has 3 rings (SSSR count). The van der Waals surface area contributed by atoms with Crippen molar-refractivity contribution in [2.45, 2.75) is 45.6 Å². The molecule has 2 unspecified atom stereocenters. The number of aromatic nitrogens is 2. The van der Waals surface area contributed by atoms with Gasteiger partial charge in [-0.2, -0.15) is 5.10 Å². The lowest BCUT2D eigenvalue weighted by atomic mass is 9.87. The van der Waals surface area contributed by atoms with Crippen LogP contribution in [-0.4, -0.2) is 21.7 Å². The molecule has 1 aliphatic rings. The summed E-state index contributed by atoms with van der Waals surface area (Å²) in [5.41, 5.74) is 2.53. The highest BCUT2D eigenvalue weighted by atomic mass is 16.1. The first-order chi connectivity index (χ1) is 10.6. The molecule has 1 saturated carbocycles. The molecule has 4 heteroatoms. The van der Waals surface area contributed by atoms with Crippen molar-refractivity contribution >= 4 is 5.91 Å². The Hall–Kier alpha value is -2.10. The molecule has 2 atom stereocenters. The van der Waals surface area contributed by atoms with E-state index in [2.05, 4.69) is 17.3 Å². The minimum atomic E-state index is -0.00113. The Bertz CT molecular complexity index is 648. The maximum atomic E-state index is 12.5. The Morgan fingerprint density at radius 2 is 2.05 bits per heavy atom. The smallest absolute Gasteiger partial charge is 0.254 e. The molecule has 1 aromatic carbocycles. The van der Waals surface area contributed by atoms with Crippen molar-refractivity contribution < 1.29 is 4.79 Å². The van der Waals surface area contributed by atoms with E-state index < -0.39 is 0 Å². The SMILES string of the molecule is Cc1c(C(=O)NC2CCCC(C)C2)cnn1-c1ccccc1. The fourth-order valence-electron chi connectivity index (χ4n) is 3.29. The van der Waals surface area contributed by atoms with Gasteiger partial charge in [-0.3, -0.25) is 4.79 Å². The number of nitrogens with one attached hydrogen (secondary N) is 1. The summed E-state index contributed by atoms with van der Waals surface area (Å²) >= 11 is 0. The lowest BCUT2D eigenvalue weighted by molar-refractivity contribution is 0.0920. The highest BCUT2D eigenvalue weighted by molar-refractivity contribution is 5.95. The molecule has 1 fully saturated rings. The van der Waals surface area contributed by atoms with Gasteiger partial charge in [0.15, 0.2) is 0 Å². The number of carbonyl (C=O) groups excluding carboxylic acids is 1. The van der Waals surface area contributed by atoms with Crippen LogP contribution in [0.3, 0.4) is 0 Å². The second kappa shape index (κ2) is 6.34. The standard InChI is InChI=1S/C18H23N3O/c1-13-7-6-8-15(11-13)20-18(22)17-12-19-21(14(17)2)16-9-4-3-5-10-16/h3-5,9-10,12-13,15H,6-8,11H2,1-2H3,(H,20,22). The van der Waals surface area contributed by atoms with Crippen LogP contribution in [0.4, 0.5) is 0 Å². The van der Waals surface area contributed by atoms with Crippen LogP contribution in [0.5, 0.6) is 0 Å². The van der Waals surface area contributed by atoms with Crippen molar-refractivity contribution in [2.75, 3.05) is 0 Å². The predicted octanol–water partition coefficient (Wildman–Crippen LogP) is 3.49. The lowest BCUT2D eigenvalue weighted by Gasteiger charge is -2.27. The molecule has 1 N–H and O–H groups in total. The van der Waals surface area contributed by atoms with Crippen LogP contribution >= 0.6 is 0 Å². The lowest BCUT2D eigenvalue weighted by Crippen LogP contribution is -2.38. The van der Waals surface area contributed by atoms with Crippen LogP contribution in [0.15, 0.2) is 36.5 Å². The molecule has 22 heavy (non-hydrogen) atoms. The van der Waals surface area contributed by atoms with E-state index in [9.17, 15) is 4.79 Å². The quantitative estimate of drug-likeness (QED) is 0.942.